The van der Waals surface area contributed by atoms with Crippen LogP contribution in [0.25, 0.3) is 0 Å². The van der Waals surface area contributed by atoms with Crippen molar-refractivity contribution in [1.82, 2.24) is 0 Å². The van der Waals surface area contributed by atoms with Crippen LogP contribution in [0.4, 0.5) is 29.3 Å². The van der Waals surface area contributed by atoms with Crippen LogP contribution < -0.4 is 10.6 Å². The number of nitrogens with one attached hydrogen (secondary N) is 2. The minimum atomic E-state index is -4.45. The fraction of sp³-hybridized carbons (Fsp3) is 0.0714. The summed E-state index contributed by atoms with van der Waals surface area (Å²) in [6, 6.07) is 10.7. The first kappa shape index (κ1) is 15.4. The van der Waals surface area contributed by atoms with Crippen LogP contribution in [0.5, 0.6) is 0 Å². The van der Waals surface area contributed by atoms with Crippen LogP contribution in [-0.2, 0) is 6.18 Å². The largest absolute Gasteiger partial charge is 0.416 e. The average Bonchev–Trinajstić information content (AvgIpc) is 2.37. The highest BCUT2D eigenvalue weighted by Gasteiger charge is 2.30. The van der Waals surface area contributed by atoms with E-state index in [9.17, 15) is 18.0 Å². The molecule has 0 atom stereocenters. The Kier molecular flexibility index (Phi) is 4.52. The van der Waals surface area contributed by atoms with Crippen LogP contribution >= 0.6 is 15.9 Å². The van der Waals surface area contributed by atoms with Crippen molar-refractivity contribution in [3.05, 3.63) is 58.6 Å². The molecule has 0 bridgehead atoms. The van der Waals surface area contributed by atoms with Gasteiger partial charge in [0.25, 0.3) is 0 Å². The van der Waals surface area contributed by atoms with Crippen LogP contribution in [0.15, 0.2) is 53.0 Å². The maximum absolute atomic E-state index is 12.6. The Morgan fingerprint density at radius 3 is 2.10 bits per heavy atom. The van der Waals surface area contributed by atoms with Crippen molar-refractivity contribution in [1.29, 1.82) is 0 Å². The van der Waals surface area contributed by atoms with Gasteiger partial charge in [0.2, 0.25) is 0 Å². The SMILES string of the molecule is O=C(Nc1cccc(Br)c1)Nc1cccc(C(F)(F)F)c1. The maximum atomic E-state index is 12.6. The van der Waals surface area contributed by atoms with E-state index in [4.69, 9.17) is 0 Å². The van der Waals surface area contributed by atoms with Crippen LogP contribution in [0, 0.1) is 0 Å². The minimum absolute atomic E-state index is 0.0670. The Balaban J connectivity index is 2.06. The molecule has 2 rings (SSSR count). The van der Waals surface area contributed by atoms with Gasteiger partial charge in [0.15, 0.2) is 0 Å². The van der Waals surface area contributed by atoms with Crippen LogP contribution in [0.3, 0.4) is 0 Å². The number of alkyl halides is 3. The molecule has 110 valence electrons. The number of halogens is 4. The third-order valence-electron chi connectivity index (χ3n) is 2.53. The van der Waals surface area contributed by atoms with Crippen molar-refractivity contribution in [3.63, 3.8) is 0 Å². The van der Waals surface area contributed by atoms with Gasteiger partial charge in [0, 0.05) is 15.8 Å². The summed E-state index contributed by atoms with van der Waals surface area (Å²) < 4.78 is 38.5. The van der Waals surface area contributed by atoms with Crippen LogP contribution in [-0.4, -0.2) is 6.03 Å². The number of hydrogen-bond donors (Lipinski definition) is 2. The van der Waals surface area contributed by atoms with E-state index in [1.165, 1.54) is 12.1 Å². The molecule has 0 unspecified atom stereocenters. The van der Waals surface area contributed by atoms with Crippen molar-refractivity contribution in [3.8, 4) is 0 Å². The quantitative estimate of drug-likeness (QED) is 0.769. The lowest BCUT2D eigenvalue weighted by Gasteiger charge is -2.11. The van der Waals surface area contributed by atoms with Gasteiger partial charge < -0.3 is 10.6 Å². The number of benzene rings is 2. The van der Waals surface area contributed by atoms with E-state index in [2.05, 4.69) is 26.6 Å². The third kappa shape index (κ3) is 4.49. The number of hydrogen-bond acceptors (Lipinski definition) is 1. The molecule has 7 heteroatoms. The molecule has 0 aliphatic rings. The second kappa shape index (κ2) is 6.17. The molecular formula is C14H10BrF3N2O. The molecule has 21 heavy (non-hydrogen) atoms. The number of carbonyl (C=O) groups excluding carboxylic acids is 1. The average molecular weight is 359 g/mol. The summed E-state index contributed by atoms with van der Waals surface area (Å²) in [5, 5.41) is 4.89. The van der Waals surface area contributed by atoms with Gasteiger partial charge in [0.1, 0.15) is 0 Å². The Labute approximate surface area is 127 Å². The van der Waals surface area contributed by atoms with Crippen molar-refractivity contribution in [2.24, 2.45) is 0 Å². The smallest absolute Gasteiger partial charge is 0.308 e. The summed E-state index contributed by atoms with van der Waals surface area (Å²) in [6.45, 7) is 0. The summed E-state index contributed by atoms with van der Waals surface area (Å²) in [4.78, 5) is 11.7. The highest BCUT2D eigenvalue weighted by molar-refractivity contribution is 9.10. The van der Waals surface area contributed by atoms with E-state index in [1.807, 2.05) is 0 Å². The predicted molar refractivity (Wildman–Crippen MR) is 78.2 cm³/mol. The predicted octanol–water partition coefficient (Wildman–Crippen LogP) is 5.11. The molecular weight excluding hydrogens is 349 g/mol. The number of urea groups is 1. The Bertz CT molecular complexity index is 659. The maximum Gasteiger partial charge on any atom is 0.416 e. The normalized spacial score (nSPS) is 11.0. The Hall–Kier alpha value is -2.02. The highest BCUT2D eigenvalue weighted by atomic mass is 79.9. The van der Waals surface area contributed by atoms with Gasteiger partial charge in [-0.05, 0) is 36.4 Å². The van der Waals surface area contributed by atoms with E-state index >= 15 is 0 Å². The fourth-order valence-corrected chi connectivity index (χ4v) is 2.03. The lowest BCUT2D eigenvalue weighted by Crippen LogP contribution is -2.19. The molecule has 0 aliphatic carbocycles. The third-order valence-corrected chi connectivity index (χ3v) is 3.02. The van der Waals surface area contributed by atoms with Crippen molar-refractivity contribution in [2.45, 2.75) is 6.18 Å². The summed E-state index contributed by atoms with van der Waals surface area (Å²) in [6.07, 6.45) is -4.45. The highest BCUT2D eigenvalue weighted by Crippen LogP contribution is 2.30. The second-order valence-electron chi connectivity index (χ2n) is 4.17. The molecule has 0 saturated carbocycles. The van der Waals surface area contributed by atoms with Gasteiger partial charge in [-0.2, -0.15) is 13.2 Å². The zero-order valence-corrected chi connectivity index (χ0v) is 12.1. The molecule has 0 aromatic heterocycles. The van der Waals surface area contributed by atoms with Gasteiger partial charge in [0.05, 0.1) is 5.56 Å². The lowest BCUT2D eigenvalue weighted by atomic mass is 10.2. The molecule has 0 radical (unpaired) electrons. The molecule has 0 fully saturated rings. The van der Waals surface area contributed by atoms with Gasteiger partial charge in [-0.25, -0.2) is 4.79 Å². The topological polar surface area (TPSA) is 41.1 Å². The number of amides is 2. The van der Waals surface area contributed by atoms with Gasteiger partial charge in [-0.3, -0.25) is 0 Å². The Morgan fingerprint density at radius 2 is 1.52 bits per heavy atom. The standard InChI is InChI=1S/C14H10BrF3N2O/c15-10-4-2-6-12(8-10)20-13(21)19-11-5-1-3-9(7-11)14(16,17)18/h1-8H,(H2,19,20,21). The Morgan fingerprint density at radius 1 is 0.952 bits per heavy atom. The van der Waals surface area contributed by atoms with Gasteiger partial charge >= 0.3 is 12.2 Å². The van der Waals surface area contributed by atoms with Crippen molar-refractivity contribution >= 4 is 33.3 Å². The van der Waals surface area contributed by atoms with Crippen LogP contribution in [0.1, 0.15) is 5.56 Å². The number of anilines is 2. The van der Waals surface area contributed by atoms with E-state index in [0.29, 0.717) is 5.69 Å². The fourth-order valence-electron chi connectivity index (χ4n) is 1.63. The molecule has 0 spiro atoms. The lowest BCUT2D eigenvalue weighted by molar-refractivity contribution is -0.137. The zero-order chi connectivity index (χ0) is 15.5. The molecule has 2 aromatic carbocycles. The zero-order valence-electron chi connectivity index (χ0n) is 10.5. The first-order valence-corrected chi connectivity index (χ1v) is 6.65. The number of rotatable bonds is 2. The first-order chi connectivity index (χ1) is 9.84. The summed E-state index contributed by atoms with van der Waals surface area (Å²) in [5.41, 5.74) is -0.228. The molecule has 0 aliphatic heterocycles. The molecule has 2 N–H and O–H groups in total. The molecule has 0 saturated heterocycles. The first-order valence-electron chi connectivity index (χ1n) is 5.85. The summed E-state index contributed by atoms with van der Waals surface area (Å²) >= 11 is 3.25. The van der Waals surface area contributed by atoms with E-state index < -0.39 is 17.8 Å². The minimum Gasteiger partial charge on any atom is -0.308 e. The molecule has 2 amide bonds. The molecule has 3 nitrogen and oxygen atoms in total. The van der Waals surface area contributed by atoms with Crippen molar-refractivity contribution < 1.29 is 18.0 Å². The monoisotopic (exact) mass is 358 g/mol. The summed E-state index contributed by atoms with van der Waals surface area (Å²) in [7, 11) is 0. The van der Waals surface area contributed by atoms with E-state index in [0.717, 1.165) is 16.6 Å². The molecule has 0 heterocycles. The second-order valence-corrected chi connectivity index (χ2v) is 5.08. The molecule has 2 aromatic rings. The van der Waals surface area contributed by atoms with Crippen molar-refractivity contribution in [2.75, 3.05) is 10.6 Å². The van der Waals surface area contributed by atoms with Crippen LogP contribution in [0.2, 0.25) is 0 Å². The van der Waals surface area contributed by atoms with Gasteiger partial charge in [-0.15, -0.1) is 0 Å². The number of carbonyl (C=O) groups is 1. The summed E-state index contributed by atoms with van der Waals surface area (Å²) in [5.74, 6) is 0. The van der Waals surface area contributed by atoms with E-state index in [-0.39, 0.29) is 5.69 Å². The van der Waals surface area contributed by atoms with Gasteiger partial charge in [-0.1, -0.05) is 28.1 Å². The van der Waals surface area contributed by atoms with E-state index in [1.54, 1.807) is 24.3 Å².